The summed E-state index contributed by atoms with van der Waals surface area (Å²) in [6.45, 7) is 3.56. The Morgan fingerprint density at radius 3 is 2.74 bits per heavy atom. The Balaban J connectivity index is 1.84. The van der Waals surface area contributed by atoms with Gasteiger partial charge >= 0.3 is 5.97 Å². The first kappa shape index (κ1) is 18.4. The van der Waals surface area contributed by atoms with Gasteiger partial charge in [0.1, 0.15) is 15.9 Å². The maximum absolute atomic E-state index is 12.5. The zero-order chi connectivity index (χ0) is 19.4. The van der Waals surface area contributed by atoms with Gasteiger partial charge in [0.15, 0.2) is 11.5 Å². The number of nitrogens with zero attached hydrogens (tertiary/aromatic N) is 2. The molecule has 7 nitrogen and oxygen atoms in total. The number of carbonyl (C=O) groups excluding carboxylic acids is 2. The Bertz CT molecular complexity index is 1030. The predicted molar refractivity (Wildman–Crippen MR) is 99.6 cm³/mol. The van der Waals surface area contributed by atoms with Crippen molar-refractivity contribution in [1.82, 2.24) is 5.16 Å². The topological polar surface area (TPSA) is 105 Å². The van der Waals surface area contributed by atoms with Gasteiger partial charge < -0.3 is 14.6 Å². The van der Waals surface area contributed by atoms with Gasteiger partial charge in [-0.15, -0.1) is 11.3 Å². The quantitative estimate of drug-likeness (QED) is 0.669. The van der Waals surface area contributed by atoms with Crippen LogP contribution in [0.2, 0.25) is 0 Å². The molecule has 1 N–H and O–H groups in total. The number of thiophene rings is 1. The van der Waals surface area contributed by atoms with Crippen LogP contribution in [0.3, 0.4) is 0 Å². The molecule has 0 aliphatic carbocycles. The number of carbonyl (C=O) groups is 2. The van der Waals surface area contributed by atoms with Crippen molar-refractivity contribution < 1.29 is 18.8 Å². The minimum atomic E-state index is -0.533. The van der Waals surface area contributed by atoms with Crippen molar-refractivity contribution in [2.75, 3.05) is 11.9 Å². The summed E-state index contributed by atoms with van der Waals surface area (Å²) < 4.78 is 10.2. The molecule has 3 aromatic rings. The molecule has 0 saturated carbocycles. The van der Waals surface area contributed by atoms with E-state index in [1.807, 2.05) is 36.4 Å². The smallest absolute Gasteiger partial charge is 0.348 e. The SMILES string of the molecule is CCOC(=O)c1sc(NC(=O)c2cc(-c3ccccc3)on2)c(C#N)c1C. The molecule has 3 rings (SSSR count). The van der Waals surface area contributed by atoms with Gasteiger partial charge in [0.25, 0.3) is 5.91 Å². The van der Waals surface area contributed by atoms with Crippen LogP contribution in [0.1, 0.15) is 38.2 Å². The van der Waals surface area contributed by atoms with Crippen molar-refractivity contribution in [3.8, 4) is 17.4 Å². The lowest BCUT2D eigenvalue weighted by molar-refractivity contribution is 0.0531. The molecule has 2 heterocycles. The number of amides is 1. The van der Waals surface area contributed by atoms with Gasteiger partial charge in [-0.1, -0.05) is 35.5 Å². The Morgan fingerprint density at radius 1 is 1.33 bits per heavy atom. The molecule has 1 aromatic carbocycles. The fourth-order valence-corrected chi connectivity index (χ4v) is 3.46. The van der Waals surface area contributed by atoms with E-state index in [0.29, 0.717) is 11.3 Å². The summed E-state index contributed by atoms with van der Waals surface area (Å²) in [5.74, 6) is -0.602. The zero-order valence-corrected chi connectivity index (χ0v) is 15.4. The molecule has 27 heavy (non-hydrogen) atoms. The van der Waals surface area contributed by atoms with Crippen molar-refractivity contribution in [3.63, 3.8) is 0 Å². The zero-order valence-electron chi connectivity index (χ0n) is 14.6. The number of anilines is 1. The van der Waals surface area contributed by atoms with E-state index in [2.05, 4.69) is 10.5 Å². The van der Waals surface area contributed by atoms with Crippen LogP contribution in [0.15, 0.2) is 40.9 Å². The lowest BCUT2D eigenvalue weighted by atomic mass is 10.1. The van der Waals surface area contributed by atoms with Crippen LogP contribution in [0.4, 0.5) is 5.00 Å². The molecule has 0 bridgehead atoms. The van der Waals surface area contributed by atoms with E-state index in [0.717, 1.165) is 16.9 Å². The number of hydrogen-bond acceptors (Lipinski definition) is 7. The molecule has 0 saturated heterocycles. The minimum Gasteiger partial charge on any atom is -0.462 e. The highest BCUT2D eigenvalue weighted by Gasteiger charge is 2.23. The van der Waals surface area contributed by atoms with Crippen LogP contribution in [0.5, 0.6) is 0 Å². The largest absolute Gasteiger partial charge is 0.462 e. The summed E-state index contributed by atoms with van der Waals surface area (Å²) >= 11 is 0.998. The molecule has 0 unspecified atom stereocenters. The molecule has 0 aliphatic heterocycles. The fraction of sp³-hybridized carbons (Fsp3) is 0.158. The van der Waals surface area contributed by atoms with Crippen molar-refractivity contribution in [2.45, 2.75) is 13.8 Å². The third-order valence-electron chi connectivity index (χ3n) is 3.75. The number of benzene rings is 1. The van der Waals surface area contributed by atoms with E-state index >= 15 is 0 Å². The summed E-state index contributed by atoms with van der Waals surface area (Å²) in [5.41, 5.74) is 1.56. The standard InChI is InChI=1S/C19H15N3O4S/c1-3-25-19(24)16-11(2)13(10-20)18(27-16)21-17(23)14-9-15(26-22-14)12-7-5-4-6-8-12/h4-9H,3H2,1-2H3,(H,21,23). The Hall–Kier alpha value is -3.44. The Morgan fingerprint density at radius 2 is 2.07 bits per heavy atom. The molecule has 0 radical (unpaired) electrons. The summed E-state index contributed by atoms with van der Waals surface area (Å²) in [6, 6.07) is 12.8. The summed E-state index contributed by atoms with van der Waals surface area (Å²) in [4.78, 5) is 24.8. The van der Waals surface area contributed by atoms with Crippen LogP contribution >= 0.6 is 11.3 Å². The molecule has 0 spiro atoms. The predicted octanol–water partition coefficient (Wildman–Crippen LogP) is 4.01. The number of aromatic nitrogens is 1. The third-order valence-corrected chi connectivity index (χ3v) is 4.93. The van der Waals surface area contributed by atoms with E-state index in [1.54, 1.807) is 13.8 Å². The monoisotopic (exact) mass is 381 g/mol. The van der Waals surface area contributed by atoms with Crippen LogP contribution < -0.4 is 5.32 Å². The highest BCUT2D eigenvalue weighted by atomic mass is 32.1. The maximum Gasteiger partial charge on any atom is 0.348 e. The van der Waals surface area contributed by atoms with Gasteiger partial charge in [-0.05, 0) is 19.4 Å². The summed E-state index contributed by atoms with van der Waals surface area (Å²) in [7, 11) is 0. The number of hydrogen-bond donors (Lipinski definition) is 1. The number of ether oxygens (including phenoxy) is 1. The number of nitriles is 1. The normalized spacial score (nSPS) is 10.3. The van der Waals surface area contributed by atoms with E-state index < -0.39 is 11.9 Å². The van der Waals surface area contributed by atoms with Crippen molar-refractivity contribution >= 4 is 28.2 Å². The summed E-state index contributed by atoms with van der Waals surface area (Å²) in [6.07, 6.45) is 0. The third kappa shape index (κ3) is 3.73. The minimum absolute atomic E-state index is 0.0708. The molecular formula is C19H15N3O4S. The lowest BCUT2D eigenvalue weighted by Crippen LogP contribution is -2.12. The van der Waals surface area contributed by atoms with Crippen LogP contribution in [0, 0.1) is 18.3 Å². The van der Waals surface area contributed by atoms with Gasteiger partial charge in [-0.2, -0.15) is 5.26 Å². The first-order valence-electron chi connectivity index (χ1n) is 8.09. The van der Waals surface area contributed by atoms with E-state index in [4.69, 9.17) is 9.26 Å². The molecule has 0 aliphatic rings. The second-order valence-electron chi connectivity index (χ2n) is 5.49. The van der Waals surface area contributed by atoms with Gasteiger partial charge in [0.2, 0.25) is 0 Å². The van der Waals surface area contributed by atoms with E-state index in [1.165, 1.54) is 6.07 Å². The lowest BCUT2D eigenvalue weighted by Gasteiger charge is -1.99. The van der Waals surface area contributed by atoms with Gasteiger partial charge in [0.05, 0.1) is 12.2 Å². The second kappa shape index (κ2) is 7.85. The Kier molecular flexibility index (Phi) is 5.33. The maximum atomic E-state index is 12.5. The van der Waals surface area contributed by atoms with Crippen molar-refractivity contribution in [1.29, 1.82) is 5.26 Å². The van der Waals surface area contributed by atoms with Crippen LogP contribution in [0.25, 0.3) is 11.3 Å². The molecular weight excluding hydrogens is 366 g/mol. The van der Waals surface area contributed by atoms with Gasteiger partial charge in [-0.3, -0.25) is 4.79 Å². The van der Waals surface area contributed by atoms with E-state index in [-0.39, 0.29) is 27.7 Å². The second-order valence-corrected chi connectivity index (χ2v) is 6.51. The number of nitrogens with one attached hydrogen (secondary N) is 1. The summed E-state index contributed by atoms with van der Waals surface area (Å²) in [5, 5.41) is 16.1. The highest BCUT2D eigenvalue weighted by Crippen LogP contribution is 2.33. The molecule has 0 atom stereocenters. The number of esters is 1. The fourth-order valence-electron chi connectivity index (χ4n) is 2.42. The van der Waals surface area contributed by atoms with Crippen LogP contribution in [-0.4, -0.2) is 23.6 Å². The molecule has 0 fully saturated rings. The average molecular weight is 381 g/mol. The average Bonchev–Trinajstić information content (AvgIpc) is 3.28. The molecule has 1 amide bonds. The van der Waals surface area contributed by atoms with Gasteiger partial charge in [0, 0.05) is 11.6 Å². The molecule has 2 aromatic heterocycles. The van der Waals surface area contributed by atoms with E-state index in [9.17, 15) is 14.9 Å². The molecule has 8 heteroatoms. The van der Waals surface area contributed by atoms with Gasteiger partial charge in [-0.25, -0.2) is 4.79 Å². The van der Waals surface area contributed by atoms with Crippen molar-refractivity contribution in [2.24, 2.45) is 0 Å². The molecule has 136 valence electrons. The highest BCUT2D eigenvalue weighted by molar-refractivity contribution is 7.18. The first-order valence-corrected chi connectivity index (χ1v) is 8.90. The number of rotatable bonds is 5. The first-order chi connectivity index (χ1) is 13.0. The van der Waals surface area contributed by atoms with Crippen molar-refractivity contribution in [3.05, 3.63) is 58.1 Å². The van der Waals surface area contributed by atoms with Crippen LogP contribution in [-0.2, 0) is 4.74 Å². The Labute approximate surface area is 159 Å².